The average Bonchev–Trinajstić information content (AvgIpc) is 2.63. The molecule has 0 bridgehead atoms. The molecule has 3 nitrogen and oxygen atoms in total. The summed E-state index contributed by atoms with van der Waals surface area (Å²) in [4.78, 5) is 21.4. The van der Waals surface area contributed by atoms with Gasteiger partial charge in [-0.25, -0.2) is 4.79 Å². The van der Waals surface area contributed by atoms with Crippen LogP contribution in [0, 0.1) is 0 Å². The highest BCUT2D eigenvalue weighted by molar-refractivity contribution is 6.63. The Morgan fingerprint density at radius 1 is 0.654 bits per heavy atom. The van der Waals surface area contributed by atoms with Crippen molar-refractivity contribution in [3.05, 3.63) is 12.7 Å². The lowest BCUT2D eigenvalue weighted by atomic mass is 10.0. The van der Waals surface area contributed by atoms with Gasteiger partial charge >= 0.3 is 5.97 Å². The largest absolute Gasteiger partial charge is 0.463 e. The summed E-state index contributed by atoms with van der Waals surface area (Å²) in [5.74, 6) is -0.315. The maximum absolute atomic E-state index is 10.8. The molecular formula is C22H39ClO3. The summed E-state index contributed by atoms with van der Waals surface area (Å²) in [6.45, 7) is 3.90. The fourth-order valence-corrected chi connectivity index (χ4v) is 3.21. The number of esters is 1. The van der Waals surface area contributed by atoms with E-state index in [9.17, 15) is 9.59 Å². The van der Waals surface area contributed by atoms with Crippen LogP contribution in [0.4, 0.5) is 0 Å². The summed E-state index contributed by atoms with van der Waals surface area (Å²) in [6, 6.07) is 0. The quantitative estimate of drug-likeness (QED) is 0.0968. The Bertz CT molecular complexity index is 355. The minimum Gasteiger partial charge on any atom is -0.463 e. The Balaban J connectivity index is 3.04. The summed E-state index contributed by atoms with van der Waals surface area (Å²) in [5.41, 5.74) is 0. The van der Waals surface area contributed by atoms with E-state index in [1.54, 1.807) is 0 Å². The van der Waals surface area contributed by atoms with E-state index in [1.807, 2.05) is 0 Å². The van der Waals surface area contributed by atoms with Gasteiger partial charge in [0.15, 0.2) is 0 Å². The smallest absolute Gasteiger partial charge is 0.330 e. The first-order valence-electron chi connectivity index (χ1n) is 10.6. The van der Waals surface area contributed by atoms with Gasteiger partial charge < -0.3 is 4.74 Å². The lowest BCUT2D eigenvalue weighted by molar-refractivity contribution is -0.137. The summed E-state index contributed by atoms with van der Waals surface area (Å²) < 4.78 is 4.95. The van der Waals surface area contributed by atoms with Gasteiger partial charge in [0.05, 0.1) is 6.61 Å². The summed E-state index contributed by atoms with van der Waals surface area (Å²) in [6.07, 6.45) is 21.9. The molecule has 0 aromatic carbocycles. The van der Waals surface area contributed by atoms with E-state index in [-0.39, 0.29) is 11.2 Å². The van der Waals surface area contributed by atoms with E-state index in [0.29, 0.717) is 13.0 Å². The highest BCUT2D eigenvalue weighted by Gasteiger charge is 1.98. The summed E-state index contributed by atoms with van der Waals surface area (Å²) in [5, 5.41) is -0.198. The highest BCUT2D eigenvalue weighted by Crippen LogP contribution is 2.14. The minimum atomic E-state index is -0.315. The first-order valence-corrected chi connectivity index (χ1v) is 11.0. The summed E-state index contributed by atoms with van der Waals surface area (Å²) >= 11 is 5.31. The molecule has 26 heavy (non-hydrogen) atoms. The maximum Gasteiger partial charge on any atom is 0.330 e. The van der Waals surface area contributed by atoms with Crippen molar-refractivity contribution in [3.8, 4) is 0 Å². The first kappa shape index (κ1) is 25.2. The van der Waals surface area contributed by atoms with Crippen LogP contribution in [0.1, 0.15) is 109 Å². The molecule has 0 amide bonds. The van der Waals surface area contributed by atoms with E-state index in [1.165, 1.54) is 83.1 Å². The van der Waals surface area contributed by atoms with Crippen molar-refractivity contribution >= 4 is 22.8 Å². The number of halogens is 1. The van der Waals surface area contributed by atoms with Gasteiger partial charge in [0.1, 0.15) is 0 Å². The predicted octanol–water partition coefficient (Wildman–Crippen LogP) is 7.11. The Labute approximate surface area is 165 Å². The number of rotatable bonds is 20. The molecule has 0 spiro atoms. The second-order valence-corrected chi connectivity index (χ2v) is 7.56. The Hall–Kier alpha value is -0.830. The van der Waals surface area contributed by atoms with Crippen LogP contribution in [0.3, 0.4) is 0 Å². The van der Waals surface area contributed by atoms with E-state index in [2.05, 4.69) is 6.58 Å². The molecule has 0 aliphatic rings. The number of hydrogen-bond acceptors (Lipinski definition) is 3. The van der Waals surface area contributed by atoms with Gasteiger partial charge in [-0.15, -0.1) is 0 Å². The number of unbranched alkanes of at least 4 members (excludes halogenated alkanes) is 15. The molecule has 0 N–H and O–H groups in total. The molecule has 4 heteroatoms. The number of ether oxygens (including phenoxy) is 1. The van der Waals surface area contributed by atoms with Crippen molar-refractivity contribution in [2.45, 2.75) is 109 Å². The first-order chi connectivity index (χ1) is 12.7. The molecule has 0 atom stereocenters. The van der Waals surface area contributed by atoms with E-state index < -0.39 is 0 Å². The standard InChI is InChI=1S/C22H39ClO3/c1-2-22(25)26-20-18-16-14-12-10-8-6-4-3-5-7-9-11-13-15-17-19-21(23)24/h2H,1,3-20H2. The highest BCUT2D eigenvalue weighted by atomic mass is 35.5. The van der Waals surface area contributed by atoms with Gasteiger partial charge in [-0.05, 0) is 24.4 Å². The third-order valence-corrected chi connectivity index (χ3v) is 4.87. The van der Waals surface area contributed by atoms with E-state index >= 15 is 0 Å². The van der Waals surface area contributed by atoms with Crippen LogP contribution >= 0.6 is 11.6 Å². The van der Waals surface area contributed by atoms with Gasteiger partial charge in [-0.1, -0.05) is 96.5 Å². The van der Waals surface area contributed by atoms with Crippen molar-refractivity contribution in [1.82, 2.24) is 0 Å². The van der Waals surface area contributed by atoms with Crippen LogP contribution in [0.15, 0.2) is 12.7 Å². The lowest BCUT2D eigenvalue weighted by Crippen LogP contribution is -2.01. The van der Waals surface area contributed by atoms with Gasteiger partial charge in [0.25, 0.3) is 0 Å². The van der Waals surface area contributed by atoms with Crippen LogP contribution < -0.4 is 0 Å². The fourth-order valence-electron chi connectivity index (χ4n) is 3.07. The zero-order valence-corrected chi connectivity index (χ0v) is 17.4. The SMILES string of the molecule is C=CC(=O)OCCCCCCCCCCCCCCCCCCC(=O)Cl. The minimum absolute atomic E-state index is 0.198. The van der Waals surface area contributed by atoms with Crippen LogP contribution in [0.25, 0.3) is 0 Å². The molecule has 0 rings (SSSR count). The maximum atomic E-state index is 10.8. The second kappa shape index (κ2) is 20.5. The lowest BCUT2D eigenvalue weighted by Gasteiger charge is -2.04. The molecule has 0 heterocycles. The molecule has 0 radical (unpaired) electrons. The Morgan fingerprint density at radius 3 is 1.35 bits per heavy atom. The van der Waals surface area contributed by atoms with Crippen molar-refractivity contribution in [2.24, 2.45) is 0 Å². The molecule has 0 saturated carbocycles. The monoisotopic (exact) mass is 386 g/mol. The zero-order valence-electron chi connectivity index (χ0n) is 16.6. The third kappa shape index (κ3) is 21.2. The fraction of sp³-hybridized carbons (Fsp3) is 0.818. The molecule has 0 aromatic rings. The van der Waals surface area contributed by atoms with E-state index in [0.717, 1.165) is 25.7 Å². The van der Waals surface area contributed by atoms with Gasteiger partial charge in [0, 0.05) is 12.5 Å². The number of carbonyl (C=O) groups is 2. The number of hydrogen-bond donors (Lipinski definition) is 0. The normalized spacial score (nSPS) is 10.7. The molecule has 0 aliphatic carbocycles. The molecule has 0 saturated heterocycles. The Morgan fingerprint density at radius 2 is 1.00 bits per heavy atom. The second-order valence-electron chi connectivity index (χ2n) is 7.13. The Kier molecular flexibility index (Phi) is 19.8. The van der Waals surface area contributed by atoms with Gasteiger partial charge in [-0.2, -0.15) is 0 Å². The topological polar surface area (TPSA) is 43.4 Å². The van der Waals surface area contributed by atoms with Crippen molar-refractivity contribution in [3.63, 3.8) is 0 Å². The summed E-state index contributed by atoms with van der Waals surface area (Å²) in [7, 11) is 0. The van der Waals surface area contributed by atoms with Crippen LogP contribution in [-0.4, -0.2) is 17.8 Å². The molecule has 0 aromatic heterocycles. The zero-order chi connectivity index (χ0) is 19.3. The average molecular weight is 387 g/mol. The third-order valence-electron chi connectivity index (χ3n) is 4.68. The van der Waals surface area contributed by atoms with Gasteiger partial charge in [0.2, 0.25) is 5.24 Å². The molecular weight excluding hydrogens is 348 g/mol. The predicted molar refractivity (Wildman–Crippen MR) is 111 cm³/mol. The van der Waals surface area contributed by atoms with Gasteiger partial charge in [-0.3, -0.25) is 4.79 Å². The number of carbonyl (C=O) groups excluding carboxylic acids is 2. The molecule has 0 unspecified atom stereocenters. The van der Waals surface area contributed by atoms with Crippen molar-refractivity contribution in [1.29, 1.82) is 0 Å². The van der Waals surface area contributed by atoms with Crippen LogP contribution in [-0.2, 0) is 14.3 Å². The van der Waals surface area contributed by atoms with Crippen molar-refractivity contribution < 1.29 is 14.3 Å². The van der Waals surface area contributed by atoms with Crippen LogP contribution in [0.2, 0.25) is 0 Å². The molecule has 0 fully saturated rings. The molecule has 0 aliphatic heterocycles. The van der Waals surface area contributed by atoms with E-state index in [4.69, 9.17) is 16.3 Å². The van der Waals surface area contributed by atoms with Crippen LogP contribution in [0.5, 0.6) is 0 Å². The van der Waals surface area contributed by atoms with Crippen molar-refractivity contribution in [2.75, 3.05) is 6.61 Å². The molecule has 152 valence electrons.